The predicted molar refractivity (Wildman–Crippen MR) is 74.0 cm³/mol. The lowest BCUT2D eigenvalue weighted by atomic mass is 10.2. The van der Waals surface area contributed by atoms with Gasteiger partial charge in [0.2, 0.25) is 11.8 Å². The second kappa shape index (κ2) is 6.27. The Kier molecular flexibility index (Phi) is 4.45. The van der Waals surface area contributed by atoms with Crippen LogP contribution < -0.4 is 20.1 Å². The van der Waals surface area contributed by atoms with E-state index in [1.807, 2.05) is 13.8 Å². The number of carbonyl (C=O) groups is 2. The van der Waals surface area contributed by atoms with Gasteiger partial charge in [-0.25, -0.2) is 0 Å². The van der Waals surface area contributed by atoms with Crippen molar-refractivity contribution in [1.82, 2.24) is 5.32 Å². The van der Waals surface area contributed by atoms with E-state index in [2.05, 4.69) is 10.6 Å². The highest BCUT2D eigenvalue weighted by atomic mass is 16.5. The van der Waals surface area contributed by atoms with Crippen molar-refractivity contribution < 1.29 is 19.1 Å². The highest BCUT2D eigenvalue weighted by Crippen LogP contribution is 2.30. The monoisotopic (exact) mass is 278 g/mol. The Morgan fingerprint density at radius 3 is 2.60 bits per heavy atom. The van der Waals surface area contributed by atoms with Crippen LogP contribution >= 0.6 is 0 Å². The molecule has 2 amide bonds. The first-order valence-electron chi connectivity index (χ1n) is 6.64. The first-order valence-corrected chi connectivity index (χ1v) is 6.64. The minimum atomic E-state index is -0.571. The molecule has 1 aliphatic rings. The fourth-order valence-corrected chi connectivity index (χ4v) is 2.02. The van der Waals surface area contributed by atoms with E-state index in [0.29, 0.717) is 30.4 Å². The summed E-state index contributed by atoms with van der Waals surface area (Å²) >= 11 is 0. The lowest BCUT2D eigenvalue weighted by molar-refractivity contribution is -0.124. The maximum atomic E-state index is 11.6. The number of hydrogen-bond acceptors (Lipinski definition) is 5. The molecule has 1 atom stereocenters. The van der Waals surface area contributed by atoms with Gasteiger partial charge in [0.05, 0.1) is 25.3 Å². The molecule has 0 aromatic heterocycles. The summed E-state index contributed by atoms with van der Waals surface area (Å²) in [5, 5.41) is 5.30. The molecule has 1 aromatic carbocycles. The molecule has 1 heterocycles. The first kappa shape index (κ1) is 14.2. The third kappa shape index (κ3) is 3.20. The summed E-state index contributed by atoms with van der Waals surface area (Å²) in [6.07, 6.45) is 0.128. The van der Waals surface area contributed by atoms with Crippen LogP contribution in [0.4, 0.5) is 5.69 Å². The van der Waals surface area contributed by atoms with E-state index in [9.17, 15) is 9.59 Å². The van der Waals surface area contributed by atoms with E-state index in [-0.39, 0.29) is 18.2 Å². The number of anilines is 1. The summed E-state index contributed by atoms with van der Waals surface area (Å²) < 4.78 is 10.9. The quantitative estimate of drug-likeness (QED) is 0.767. The van der Waals surface area contributed by atoms with E-state index >= 15 is 0 Å². The van der Waals surface area contributed by atoms with E-state index in [4.69, 9.17) is 9.47 Å². The Hall–Kier alpha value is -2.24. The number of amides is 2. The lowest BCUT2D eigenvalue weighted by Gasteiger charge is -2.16. The molecule has 1 aliphatic heterocycles. The molecular formula is C14H18N2O4. The second-order valence-electron chi connectivity index (χ2n) is 4.34. The zero-order valence-corrected chi connectivity index (χ0v) is 11.6. The molecule has 6 nitrogen and oxygen atoms in total. The average Bonchev–Trinajstić information content (AvgIpc) is 2.71. The van der Waals surface area contributed by atoms with Gasteiger partial charge in [0.15, 0.2) is 0 Å². The molecule has 2 rings (SSSR count). The van der Waals surface area contributed by atoms with E-state index in [1.165, 1.54) is 0 Å². The van der Waals surface area contributed by atoms with Crippen LogP contribution in [0.5, 0.6) is 11.5 Å². The lowest BCUT2D eigenvalue weighted by Crippen LogP contribution is -2.30. The summed E-state index contributed by atoms with van der Waals surface area (Å²) in [5.74, 6) is 0.719. The van der Waals surface area contributed by atoms with Gasteiger partial charge in [-0.05, 0) is 26.0 Å². The molecule has 1 fully saturated rings. The molecule has 0 saturated carbocycles. The predicted octanol–water partition coefficient (Wildman–Crippen LogP) is 1.31. The second-order valence-corrected chi connectivity index (χ2v) is 4.34. The molecule has 2 N–H and O–H groups in total. The van der Waals surface area contributed by atoms with Crippen LogP contribution in [-0.4, -0.2) is 31.1 Å². The molecule has 108 valence electrons. The molecule has 20 heavy (non-hydrogen) atoms. The van der Waals surface area contributed by atoms with Crippen LogP contribution in [0.2, 0.25) is 0 Å². The third-order valence-electron chi connectivity index (χ3n) is 2.86. The minimum Gasteiger partial charge on any atom is -0.494 e. The summed E-state index contributed by atoms with van der Waals surface area (Å²) in [4.78, 5) is 22.8. The molecule has 1 saturated heterocycles. The molecular weight excluding hydrogens is 260 g/mol. The maximum Gasteiger partial charge on any atom is 0.249 e. The standard InChI is InChI=1S/C14H18N2O4/c1-3-19-9-5-6-12(20-4-2)10(7-9)15-11-8-13(17)16-14(11)18/h5-7,11,15H,3-4,8H2,1-2H3,(H,16,17,18). The fourth-order valence-electron chi connectivity index (χ4n) is 2.02. The van der Waals surface area contributed by atoms with Gasteiger partial charge < -0.3 is 14.8 Å². The van der Waals surface area contributed by atoms with Gasteiger partial charge in [-0.1, -0.05) is 0 Å². The van der Waals surface area contributed by atoms with Crippen LogP contribution in [0.1, 0.15) is 20.3 Å². The average molecular weight is 278 g/mol. The Labute approximate surface area is 117 Å². The molecule has 1 aromatic rings. The van der Waals surface area contributed by atoms with Crippen molar-refractivity contribution in [3.63, 3.8) is 0 Å². The van der Waals surface area contributed by atoms with Gasteiger partial charge in [-0.15, -0.1) is 0 Å². The molecule has 6 heteroatoms. The maximum absolute atomic E-state index is 11.6. The normalized spacial score (nSPS) is 17.8. The zero-order chi connectivity index (χ0) is 14.5. The van der Waals surface area contributed by atoms with Gasteiger partial charge in [0.1, 0.15) is 17.5 Å². The van der Waals surface area contributed by atoms with Crippen LogP contribution in [0.3, 0.4) is 0 Å². The van der Waals surface area contributed by atoms with Gasteiger partial charge in [0.25, 0.3) is 0 Å². The number of ether oxygens (including phenoxy) is 2. The Morgan fingerprint density at radius 2 is 2.00 bits per heavy atom. The number of rotatable bonds is 6. The van der Waals surface area contributed by atoms with Crippen LogP contribution in [-0.2, 0) is 9.59 Å². The smallest absolute Gasteiger partial charge is 0.249 e. The third-order valence-corrected chi connectivity index (χ3v) is 2.86. The Balaban J connectivity index is 2.20. The zero-order valence-electron chi connectivity index (χ0n) is 11.6. The number of hydrogen-bond donors (Lipinski definition) is 2. The van der Waals surface area contributed by atoms with Crippen molar-refractivity contribution in [1.29, 1.82) is 0 Å². The summed E-state index contributed by atoms with van der Waals surface area (Å²) in [7, 11) is 0. The van der Waals surface area contributed by atoms with E-state index < -0.39 is 6.04 Å². The number of benzene rings is 1. The van der Waals surface area contributed by atoms with Crippen molar-refractivity contribution in [2.75, 3.05) is 18.5 Å². The minimum absolute atomic E-state index is 0.128. The van der Waals surface area contributed by atoms with Crippen LogP contribution in [0, 0.1) is 0 Å². The highest BCUT2D eigenvalue weighted by Gasteiger charge is 2.31. The van der Waals surface area contributed by atoms with Gasteiger partial charge in [-0.2, -0.15) is 0 Å². The largest absolute Gasteiger partial charge is 0.494 e. The van der Waals surface area contributed by atoms with Gasteiger partial charge in [0, 0.05) is 6.07 Å². The van der Waals surface area contributed by atoms with Crippen molar-refractivity contribution >= 4 is 17.5 Å². The summed E-state index contributed by atoms with van der Waals surface area (Å²) in [6.45, 7) is 4.84. The fraction of sp³-hybridized carbons (Fsp3) is 0.429. The van der Waals surface area contributed by atoms with Crippen molar-refractivity contribution in [3.05, 3.63) is 18.2 Å². The molecule has 0 bridgehead atoms. The number of imide groups is 1. The van der Waals surface area contributed by atoms with Gasteiger partial charge in [-0.3, -0.25) is 14.9 Å². The molecule has 0 radical (unpaired) electrons. The number of carbonyl (C=O) groups excluding carboxylic acids is 2. The summed E-state index contributed by atoms with van der Waals surface area (Å²) in [6, 6.07) is 4.79. The van der Waals surface area contributed by atoms with Crippen LogP contribution in [0.15, 0.2) is 18.2 Å². The van der Waals surface area contributed by atoms with Crippen molar-refractivity contribution in [3.8, 4) is 11.5 Å². The van der Waals surface area contributed by atoms with E-state index in [0.717, 1.165) is 0 Å². The molecule has 0 aliphatic carbocycles. The van der Waals surface area contributed by atoms with Crippen molar-refractivity contribution in [2.24, 2.45) is 0 Å². The SMILES string of the molecule is CCOc1ccc(OCC)c(NC2CC(=O)NC2=O)c1. The topological polar surface area (TPSA) is 76.7 Å². The van der Waals surface area contributed by atoms with Gasteiger partial charge >= 0.3 is 0 Å². The number of nitrogens with one attached hydrogen (secondary N) is 2. The van der Waals surface area contributed by atoms with Crippen molar-refractivity contribution in [2.45, 2.75) is 26.3 Å². The Bertz CT molecular complexity index is 516. The molecule has 0 spiro atoms. The summed E-state index contributed by atoms with van der Waals surface area (Å²) in [5.41, 5.74) is 0.646. The first-order chi connectivity index (χ1) is 9.63. The Morgan fingerprint density at radius 1 is 1.25 bits per heavy atom. The highest BCUT2D eigenvalue weighted by molar-refractivity contribution is 6.06. The van der Waals surface area contributed by atoms with Crippen LogP contribution in [0.25, 0.3) is 0 Å². The van der Waals surface area contributed by atoms with E-state index in [1.54, 1.807) is 18.2 Å². The molecule has 1 unspecified atom stereocenters.